The summed E-state index contributed by atoms with van der Waals surface area (Å²) in [6.45, 7) is 6.86. The maximum atomic E-state index is 10.7. The normalized spacial score (nSPS) is 24.4. The Hall–Kier alpha value is -0.830. The first-order valence-corrected chi connectivity index (χ1v) is 5.09. The lowest BCUT2D eigenvalue weighted by atomic mass is 10.0. The summed E-state index contributed by atoms with van der Waals surface area (Å²) in [5, 5.41) is 0. The van der Waals surface area contributed by atoms with Gasteiger partial charge in [0.2, 0.25) is 0 Å². The number of hydrogen-bond donors (Lipinski definition) is 0. The second kappa shape index (κ2) is 5.15. The molecule has 0 amide bonds. The largest absolute Gasteiger partial charge is 0.463 e. The number of hydrogen-bond acceptors (Lipinski definition) is 3. The van der Waals surface area contributed by atoms with Crippen molar-refractivity contribution in [3.8, 4) is 0 Å². The fourth-order valence-corrected chi connectivity index (χ4v) is 1.28. The van der Waals surface area contributed by atoms with E-state index < -0.39 is 0 Å². The van der Waals surface area contributed by atoms with Crippen LogP contribution in [0.5, 0.6) is 0 Å². The summed E-state index contributed by atoms with van der Waals surface area (Å²) in [5.41, 5.74) is 0.164. The van der Waals surface area contributed by atoms with Gasteiger partial charge in [-0.3, -0.25) is 0 Å². The van der Waals surface area contributed by atoms with E-state index in [1.54, 1.807) is 0 Å². The average molecular weight is 198 g/mol. The van der Waals surface area contributed by atoms with E-state index in [0.29, 0.717) is 6.61 Å². The van der Waals surface area contributed by atoms with E-state index in [1.807, 2.05) is 0 Å². The molecule has 0 aromatic rings. The van der Waals surface area contributed by atoms with Crippen LogP contribution in [0.4, 0.5) is 0 Å². The molecule has 0 aromatic carbocycles. The van der Waals surface area contributed by atoms with Crippen molar-refractivity contribution < 1.29 is 14.3 Å². The predicted octanol–water partition coefficient (Wildman–Crippen LogP) is 2.06. The molecule has 0 radical (unpaired) electrons. The number of carbonyl (C=O) groups is 1. The second-order valence-electron chi connectivity index (χ2n) is 3.92. The summed E-state index contributed by atoms with van der Waals surface area (Å²) >= 11 is 0. The highest BCUT2D eigenvalue weighted by Gasteiger charge is 2.37. The van der Waals surface area contributed by atoms with Gasteiger partial charge in [0.25, 0.3) is 0 Å². The molecule has 0 spiro atoms. The molecule has 1 aliphatic heterocycles. The molecule has 1 aliphatic rings. The zero-order valence-corrected chi connectivity index (χ0v) is 8.75. The van der Waals surface area contributed by atoms with Gasteiger partial charge < -0.3 is 9.47 Å². The van der Waals surface area contributed by atoms with Gasteiger partial charge in [-0.25, -0.2) is 4.79 Å². The average Bonchev–Trinajstić information content (AvgIpc) is 2.90. The van der Waals surface area contributed by atoms with Gasteiger partial charge in [-0.1, -0.05) is 13.0 Å². The first kappa shape index (κ1) is 11.2. The summed E-state index contributed by atoms with van der Waals surface area (Å²) in [6, 6.07) is 0. The molecule has 1 atom stereocenters. The molecule has 0 aromatic heterocycles. The maximum absolute atomic E-state index is 10.7. The highest BCUT2D eigenvalue weighted by atomic mass is 16.6. The van der Waals surface area contributed by atoms with Crippen molar-refractivity contribution in [3.05, 3.63) is 12.7 Å². The molecule has 80 valence electrons. The summed E-state index contributed by atoms with van der Waals surface area (Å²) in [7, 11) is 0. The molecule has 0 bridgehead atoms. The lowest BCUT2D eigenvalue weighted by Crippen LogP contribution is -2.05. The number of ether oxygens (including phenoxy) is 2. The van der Waals surface area contributed by atoms with Crippen molar-refractivity contribution in [2.75, 3.05) is 13.2 Å². The van der Waals surface area contributed by atoms with Crippen molar-refractivity contribution >= 4 is 5.97 Å². The second-order valence-corrected chi connectivity index (χ2v) is 3.92. The quantitative estimate of drug-likeness (QED) is 0.272. The SMILES string of the molecule is C=CC(=O)OCCCCCC1(C)CO1. The molecule has 1 fully saturated rings. The van der Waals surface area contributed by atoms with Gasteiger partial charge in [-0.05, 0) is 26.2 Å². The number of carbonyl (C=O) groups excluding carboxylic acids is 1. The van der Waals surface area contributed by atoms with Gasteiger partial charge >= 0.3 is 5.97 Å². The van der Waals surface area contributed by atoms with Crippen LogP contribution in [0.3, 0.4) is 0 Å². The number of esters is 1. The third kappa shape index (κ3) is 4.42. The molecule has 0 N–H and O–H groups in total. The van der Waals surface area contributed by atoms with E-state index in [9.17, 15) is 4.79 Å². The van der Waals surface area contributed by atoms with Crippen molar-refractivity contribution in [1.29, 1.82) is 0 Å². The van der Waals surface area contributed by atoms with E-state index in [-0.39, 0.29) is 11.6 Å². The van der Waals surface area contributed by atoms with Crippen LogP contribution in [0.25, 0.3) is 0 Å². The van der Waals surface area contributed by atoms with Gasteiger partial charge in [0.15, 0.2) is 0 Å². The monoisotopic (exact) mass is 198 g/mol. The number of rotatable bonds is 7. The van der Waals surface area contributed by atoms with Crippen LogP contribution < -0.4 is 0 Å². The Morgan fingerprint density at radius 3 is 2.86 bits per heavy atom. The van der Waals surface area contributed by atoms with Crippen molar-refractivity contribution in [2.45, 2.75) is 38.2 Å². The van der Waals surface area contributed by atoms with E-state index in [2.05, 4.69) is 13.5 Å². The topological polar surface area (TPSA) is 38.8 Å². The summed E-state index contributed by atoms with van der Waals surface area (Å²) < 4.78 is 10.1. The third-order valence-corrected chi connectivity index (χ3v) is 2.40. The molecular weight excluding hydrogens is 180 g/mol. The van der Waals surface area contributed by atoms with Crippen LogP contribution in [0.1, 0.15) is 32.6 Å². The van der Waals surface area contributed by atoms with E-state index in [0.717, 1.165) is 32.3 Å². The minimum atomic E-state index is -0.331. The predicted molar refractivity (Wildman–Crippen MR) is 54.0 cm³/mol. The first-order chi connectivity index (χ1) is 6.66. The molecule has 0 saturated carbocycles. The Morgan fingerprint density at radius 2 is 2.29 bits per heavy atom. The molecule has 3 heteroatoms. The molecular formula is C11H18O3. The molecule has 1 unspecified atom stereocenters. The van der Waals surface area contributed by atoms with Crippen molar-refractivity contribution in [1.82, 2.24) is 0 Å². The lowest BCUT2D eigenvalue weighted by molar-refractivity contribution is -0.137. The Labute approximate surface area is 85.1 Å². The van der Waals surface area contributed by atoms with Gasteiger partial charge in [0, 0.05) is 6.08 Å². The molecule has 14 heavy (non-hydrogen) atoms. The third-order valence-electron chi connectivity index (χ3n) is 2.40. The van der Waals surface area contributed by atoms with E-state index in [1.165, 1.54) is 6.08 Å². The summed E-state index contributed by atoms with van der Waals surface area (Å²) in [5.74, 6) is -0.331. The van der Waals surface area contributed by atoms with Gasteiger partial charge in [0.05, 0.1) is 18.8 Å². The summed E-state index contributed by atoms with van der Waals surface area (Å²) in [4.78, 5) is 10.7. The molecule has 1 rings (SSSR count). The van der Waals surface area contributed by atoms with Crippen LogP contribution >= 0.6 is 0 Å². The van der Waals surface area contributed by atoms with Crippen LogP contribution in [-0.4, -0.2) is 24.8 Å². The standard InChI is InChI=1S/C11H18O3/c1-3-10(12)13-8-6-4-5-7-11(2)9-14-11/h3H,1,4-9H2,2H3. The van der Waals surface area contributed by atoms with Crippen LogP contribution in [-0.2, 0) is 14.3 Å². The van der Waals surface area contributed by atoms with Crippen LogP contribution in [0, 0.1) is 0 Å². The summed E-state index contributed by atoms with van der Waals surface area (Å²) in [6.07, 6.45) is 5.46. The number of unbranched alkanes of at least 4 members (excludes halogenated alkanes) is 2. The Morgan fingerprint density at radius 1 is 1.57 bits per heavy atom. The Kier molecular flexibility index (Phi) is 4.14. The number of epoxide rings is 1. The highest BCUT2D eigenvalue weighted by Crippen LogP contribution is 2.31. The molecule has 3 nitrogen and oxygen atoms in total. The van der Waals surface area contributed by atoms with E-state index in [4.69, 9.17) is 9.47 Å². The van der Waals surface area contributed by atoms with Gasteiger partial charge in [0.1, 0.15) is 0 Å². The minimum absolute atomic E-state index is 0.164. The van der Waals surface area contributed by atoms with Crippen molar-refractivity contribution in [3.63, 3.8) is 0 Å². The maximum Gasteiger partial charge on any atom is 0.330 e. The fourth-order valence-electron chi connectivity index (χ4n) is 1.28. The zero-order valence-electron chi connectivity index (χ0n) is 8.75. The minimum Gasteiger partial charge on any atom is -0.463 e. The Balaban J connectivity index is 1.84. The Bertz CT molecular complexity index is 207. The van der Waals surface area contributed by atoms with E-state index >= 15 is 0 Å². The first-order valence-electron chi connectivity index (χ1n) is 5.09. The van der Waals surface area contributed by atoms with Crippen LogP contribution in [0.2, 0.25) is 0 Å². The smallest absolute Gasteiger partial charge is 0.330 e. The highest BCUT2D eigenvalue weighted by molar-refractivity contribution is 5.81. The molecule has 1 saturated heterocycles. The lowest BCUT2D eigenvalue weighted by Gasteiger charge is -2.04. The molecule has 1 heterocycles. The van der Waals surface area contributed by atoms with Gasteiger partial charge in [-0.15, -0.1) is 0 Å². The fraction of sp³-hybridized carbons (Fsp3) is 0.727. The van der Waals surface area contributed by atoms with Gasteiger partial charge in [-0.2, -0.15) is 0 Å². The zero-order chi connectivity index (χ0) is 10.4. The van der Waals surface area contributed by atoms with Crippen LogP contribution in [0.15, 0.2) is 12.7 Å². The van der Waals surface area contributed by atoms with Crippen molar-refractivity contribution in [2.24, 2.45) is 0 Å². The molecule has 0 aliphatic carbocycles.